The number of carbonyl (C=O) groups excluding carboxylic acids is 1. The number of benzene rings is 2. The summed E-state index contributed by atoms with van der Waals surface area (Å²) in [6.45, 7) is 4.34. The van der Waals surface area contributed by atoms with Crippen LogP contribution in [0.4, 0.5) is 0 Å². The third kappa shape index (κ3) is 4.07. The molecule has 0 heterocycles. The lowest BCUT2D eigenvalue weighted by Gasteiger charge is -2.08. The maximum absolute atomic E-state index is 12.1. The Morgan fingerprint density at radius 1 is 1.15 bits per heavy atom. The van der Waals surface area contributed by atoms with E-state index in [2.05, 4.69) is 36.4 Å². The van der Waals surface area contributed by atoms with E-state index in [-0.39, 0.29) is 12.4 Å². The van der Waals surface area contributed by atoms with Crippen LogP contribution in [0, 0.1) is 3.57 Å². The molecule has 0 fully saturated rings. The van der Waals surface area contributed by atoms with Crippen LogP contribution in [-0.4, -0.2) is 12.4 Å². The van der Waals surface area contributed by atoms with Crippen molar-refractivity contribution in [2.75, 3.05) is 6.61 Å². The second kappa shape index (κ2) is 6.88. The molecular formula is C17H17IO2. The molecule has 0 aliphatic rings. The van der Waals surface area contributed by atoms with Gasteiger partial charge in [0.1, 0.15) is 5.75 Å². The van der Waals surface area contributed by atoms with E-state index < -0.39 is 0 Å². The summed E-state index contributed by atoms with van der Waals surface area (Å²) in [6, 6.07) is 15.4. The summed E-state index contributed by atoms with van der Waals surface area (Å²) >= 11 is 2.22. The Morgan fingerprint density at radius 2 is 1.85 bits per heavy atom. The molecule has 20 heavy (non-hydrogen) atoms. The fraction of sp³-hybridized carbons (Fsp3) is 0.235. The number of Topliss-reactive ketones (excluding diaryl/α,β-unsaturated/α-hetero) is 1. The number of ketones is 1. The molecule has 2 rings (SSSR count). The molecule has 0 spiro atoms. The van der Waals surface area contributed by atoms with Crippen molar-refractivity contribution in [2.24, 2.45) is 0 Å². The highest BCUT2D eigenvalue weighted by Gasteiger charge is 2.08. The van der Waals surface area contributed by atoms with Crippen molar-refractivity contribution in [3.8, 4) is 5.75 Å². The first kappa shape index (κ1) is 15.0. The number of halogens is 1. The Balaban J connectivity index is 1.98. The van der Waals surface area contributed by atoms with Crippen molar-refractivity contribution in [3.05, 3.63) is 63.2 Å². The van der Waals surface area contributed by atoms with Crippen molar-refractivity contribution >= 4 is 28.4 Å². The SMILES string of the molecule is CC(C)c1ccc(C(=O)COc2cccc(I)c2)cc1. The summed E-state index contributed by atoms with van der Waals surface area (Å²) in [5, 5.41) is 0. The van der Waals surface area contributed by atoms with Crippen LogP contribution in [-0.2, 0) is 0 Å². The van der Waals surface area contributed by atoms with Gasteiger partial charge in [-0.05, 0) is 52.3 Å². The van der Waals surface area contributed by atoms with E-state index >= 15 is 0 Å². The van der Waals surface area contributed by atoms with Crippen molar-refractivity contribution in [3.63, 3.8) is 0 Å². The second-order valence-electron chi connectivity index (χ2n) is 4.95. The zero-order chi connectivity index (χ0) is 14.5. The van der Waals surface area contributed by atoms with Gasteiger partial charge in [0.15, 0.2) is 12.4 Å². The molecular weight excluding hydrogens is 363 g/mol. The standard InChI is InChI=1S/C17H17IO2/c1-12(2)13-6-8-14(9-7-13)17(19)11-20-16-5-3-4-15(18)10-16/h3-10,12H,11H2,1-2H3. The summed E-state index contributed by atoms with van der Waals surface area (Å²) in [7, 11) is 0. The quantitative estimate of drug-likeness (QED) is 0.556. The predicted octanol–water partition coefficient (Wildman–Crippen LogP) is 4.68. The van der Waals surface area contributed by atoms with Crippen LogP contribution in [0.1, 0.15) is 35.7 Å². The predicted molar refractivity (Wildman–Crippen MR) is 89.5 cm³/mol. The lowest BCUT2D eigenvalue weighted by Crippen LogP contribution is -2.11. The molecule has 0 unspecified atom stereocenters. The molecule has 2 aromatic rings. The molecule has 0 radical (unpaired) electrons. The minimum absolute atomic E-state index is 0.000771. The van der Waals surface area contributed by atoms with E-state index in [1.807, 2.05) is 48.5 Å². The molecule has 3 heteroatoms. The summed E-state index contributed by atoms with van der Waals surface area (Å²) in [6.07, 6.45) is 0. The number of hydrogen-bond donors (Lipinski definition) is 0. The number of carbonyl (C=O) groups is 1. The van der Waals surface area contributed by atoms with Crippen LogP contribution < -0.4 is 4.74 Å². The van der Waals surface area contributed by atoms with Crippen LogP contribution in [0.5, 0.6) is 5.75 Å². The molecule has 0 saturated heterocycles. The lowest BCUT2D eigenvalue weighted by atomic mass is 10.0. The number of hydrogen-bond acceptors (Lipinski definition) is 2. The van der Waals surface area contributed by atoms with Gasteiger partial charge in [-0.1, -0.05) is 44.2 Å². The molecule has 0 aliphatic heterocycles. The van der Waals surface area contributed by atoms with Crippen LogP contribution in [0.2, 0.25) is 0 Å². The van der Waals surface area contributed by atoms with E-state index in [1.165, 1.54) is 5.56 Å². The second-order valence-corrected chi connectivity index (χ2v) is 6.19. The van der Waals surface area contributed by atoms with Gasteiger partial charge >= 0.3 is 0 Å². The Labute approximate surface area is 133 Å². The first-order valence-corrected chi connectivity index (χ1v) is 7.65. The Kier molecular flexibility index (Phi) is 5.17. The molecule has 2 nitrogen and oxygen atoms in total. The average molecular weight is 380 g/mol. The largest absolute Gasteiger partial charge is 0.485 e. The van der Waals surface area contributed by atoms with Gasteiger partial charge in [0, 0.05) is 9.13 Å². The van der Waals surface area contributed by atoms with Gasteiger partial charge < -0.3 is 4.74 Å². The van der Waals surface area contributed by atoms with E-state index in [0.29, 0.717) is 11.5 Å². The molecule has 0 atom stereocenters. The van der Waals surface area contributed by atoms with Gasteiger partial charge in [-0.2, -0.15) is 0 Å². The van der Waals surface area contributed by atoms with E-state index in [9.17, 15) is 4.79 Å². The highest BCUT2D eigenvalue weighted by Crippen LogP contribution is 2.17. The summed E-state index contributed by atoms with van der Waals surface area (Å²) < 4.78 is 6.62. The fourth-order valence-corrected chi connectivity index (χ4v) is 2.36. The van der Waals surface area contributed by atoms with E-state index in [0.717, 1.165) is 9.32 Å². The molecule has 0 saturated carbocycles. The van der Waals surface area contributed by atoms with Gasteiger partial charge in [0.25, 0.3) is 0 Å². The van der Waals surface area contributed by atoms with Crippen molar-refractivity contribution in [1.29, 1.82) is 0 Å². The number of rotatable bonds is 5. The van der Waals surface area contributed by atoms with Gasteiger partial charge in [0.2, 0.25) is 0 Å². The molecule has 104 valence electrons. The monoisotopic (exact) mass is 380 g/mol. The molecule has 0 aliphatic carbocycles. The molecule has 0 bridgehead atoms. The Bertz CT molecular complexity index is 588. The van der Waals surface area contributed by atoms with E-state index in [4.69, 9.17) is 4.74 Å². The van der Waals surface area contributed by atoms with Crippen LogP contribution in [0.3, 0.4) is 0 Å². The lowest BCUT2D eigenvalue weighted by molar-refractivity contribution is 0.0921. The Hall–Kier alpha value is -1.36. The third-order valence-corrected chi connectivity index (χ3v) is 3.74. The summed E-state index contributed by atoms with van der Waals surface area (Å²) in [5.74, 6) is 1.20. The topological polar surface area (TPSA) is 26.3 Å². The zero-order valence-corrected chi connectivity index (χ0v) is 13.8. The van der Waals surface area contributed by atoms with Gasteiger partial charge in [0.05, 0.1) is 0 Å². The molecule has 0 aromatic heterocycles. The summed E-state index contributed by atoms with van der Waals surface area (Å²) in [5.41, 5.74) is 1.93. The normalized spacial score (nSPS) is 10.6. The zero-order valence-electron chi connectivity index (χ0n) is 11.6. The highest BCUT2D eigenvalue weighted by atomic mass is 127. The minimum atomic E-state index is -0.000771. The first-order chi connectivity index (χ1) is 9.56. The number of ether oxygens (including phenoxy) is 1. The third-order valence-electron chi connectivity index (χ3n) is 3.07. The van der Waals surface area contributed by atoms with Crippen LogP contribution >= 0.6 is 22.6 Å². The minimum Gasteiger partial charge on any atom is -0.485 e. The molecule has 0 amide bonds. The van der Waals surface area contributed by atoms with Crippen molar-refractivity contribution in [2.45, 2.75) is 19.8 Å². The maximum atomic E-state index is 12.1. The van der Waals surface area contributed by atoms with Crippen molar-refractivity contribution < 1.29 is 9.53 Å². The van der Waals surface area contributed by atoms with Gasteiger partial charge in [-0.25, -0.2) is 0 Å². The van der Waals surface area contributed by atoms with Crippen LogP contribution in [0.15, 0.2) is 48.5 Å². The average Bonchev–Trinajstić information content (AvgIpc) is 2.45. The van der Waals surface area contributed by atoms with Gasteiger partial charge in [-0.3, -0.25) is 4.79 Å². The molecule has 2 aromatic carbocycles. The Morgan fingerprint density at radius 3 is 2.45 bits per heavy atom. The maximum Gasteiger partial charge on any atom is 0.200 e. The van der Waals surface area contributed by atoms with Gasteiger partial charge in [-0.15, -0.1) is 0 Å². The smallest absolute Gasteiger partial charge is 0.200 e. The highest BCUT2D eigenvalue weighted by molar-refractivity contribution is 14.1. The summed E-state index contributed by atoms with van der Waals surface area (Å²) in [4.78, 5) is 12.1. The fourth-order valence-electron chi connectivity index (χ4n) is 1.84. The van der Waals surface area contributed by atoms with Crippen LogP contribution in [0.25, 0.3) is 0 Å². The van der Waals surface area contributed by atoms with E-state index in [1.54, 1.807) is 0 Å². The molecule has 0 N–H and O–H groups in total. The van der Waals surface area contributed by atoms with Crippen molar-refractivity contribution in [1.82, 2.24) is 0 Å². The first-order valence-electron chi connectivity index (χ1n) is 6.58.